The number of pyridine rings is 2. The normalized spacial score (nSPS) is 19.6. The highest BCUT2D eigenvalue weighted by Crippen LogP contribution is 2.44. The van der Waals surface area contributed by atoms with E-state index in [4.69, 9.17) is 4.98 Å². The molecule has 2 aromatic heterocycles. The van der Waals surface area contributed by atoms with Crippen molar-refractivity contribution in [3.8, 4) is 22.8 Å². The molecule has 5 heterocycles. The minimum absolute atomic E-state index is 0.0237. The maximum Gasteiger partial charge on any atom is 0.586 e. The fraction of sp³-hybridized carbons (Fsp3) is 0.227. The van der Waals surface area contributed by atoms with E-state index in [2.05, 4.69) is 24.7 Å². The highest BCUT2D eigenvalue weighted by Gasteiger charge is 2.44. The van der Waals surface area contributed by atoms with Crippen molar-refractivity contribution < 1.29 is 23.0 Å². The molecule has 162 valence electrons. The number of amides is 2. The molecule has 8 nitrogen and oxygen atoms in total. The van der Waals surface area contributed by atoms with E-state index >= 15 is 0 Å². The number of benzene rings is 1. The van der Waals surface area contributed by atoms with Crippen LogP contribution in [0.15, 0.2) is 54.7 Å². The molecule has 1 N–H and O–H groups in total. The fourth-order valence-electron chi connectivity index (χ4n) is 4.35. The number of halogens is 2. The third-order valence-electron chi connectivity index (χ3n) is 5.77. The van der Waals surface area contributed by atoms with E-state index < -0.39 is 6.29 Å². The zero-order valence-corrected chi connectivity index (χ0v) is 16.7. The van der Waals surface area contributed by atoms with Gasteiger partial charge in [-0.25, -0.2) is 14.8 Å². The summed E-state index contributed by atoms with van der Waals surface area (Å²) in [5.74, 6) is 0.887. The zero-order valence-electron chi connectivity index (χ0n) is 16.7. The van der Waals surface area contributed by atoms with Gasteiger partial charge in [0.05, 0.1) is 17.4 Å². The lowest BCUT2D eigenvalue weighted by Crippen LogP contribution is -2.48. The monoisotopic (exact) mass is 437 g/mol. The van der Waals surface area contributed by atoms with Gasteiger partial charge in [0.15, 0.2) is 17.3 Å². The third kappa shape index (κ3) is 3.06. The fourth-order valence-corrected chi connectivity index (χ4v) is 4.35. The number of carbonyl (C=O) groups is 1. The van der Waals surface area contributed by atoms with Crippen LogP contribution in [-0.4, -0.2) is 41.4 Å². The topological polar surface area (TPSA) is 79.8 Å². The second-order valence-corrected chi connectivity index (χ2v) is 7.77. The molecule has 0 spiro atoms. The Hall–Kier alpha value is -3.95. The average Bonchev–Trinajstić information content (AvgIpc) is 3.33. The third-order valence-corrected chi connectivity index (χ3v) is 5.77. The molecule has 1 fully saturated rings. The summed E-state index contributed by atoms with van der Waals surface area (Å²) in [6.07, 6.45) is -1.26. The Kier molecular flexibility index (Phi) is 3.98. The number of aromatic nitrogens is 2. The van der Waals surface area contributed by atoms with Gasteiger partial charge in [-0.1, -0.05) is 6.07 Å². The molecule has 1 aromatic carbocycles. The van der Waals surface area contributed by atoms with Crippen molar-refractivity contribution in [2.24, 2.45) is 0 Å². The number of ether oxygens (including phenoxy) is 2. The second kappa shape index (κ2) is 6.78. The number of rotatable bonds is 2. The Morgan fingerprint density at radius 1 is 1.12 bits per heavy atom. The number of nitrogens with one attached hydrogen (secondary N) is 1. The van der Waals surface area contributed by atoms with Gasteiger partial charge in [0, 0.05) is 24.8 Å². The Morgan fingerprint density at radius 2 is 2.00 bits per heavy atom. The highest BCUT2D eigenvalue weighted by atomic mass is 19.3. The van der Waals surface area contributed by atoms with Crippen molar-refractivity contribution in [2.45, 2.75) is 18.8 Å². The lowest BCUT2D eigenvalue weighted by Gasteiger charge is -2.35. The zero-order chi connectivity index (χ0) is 21.9. The number of alkyl halides is 2. The van der Waals surface area contributed by atoms with Gasteiger partial charge in [-0.05, 0) is 48.9 Å². The SMILES string of the molecule is O=C(Nc1ccccn1)N1c2nc(-c3ccc4c(c3)OC(F)(F)O4)ccc2N2CC[C@H]1C2. The lowest BCUT2D eigenvalue weighted by atomic mass is 10.1. The van der Waals surface area contributed by atoms with Crippen LogP contribution in [0.2, 0.25) is 0 Å². The molecule has 3 aromatic rings. The van der Waals surface area contributed by atoms with Crippen molar-refractivity contribution in [2.75, 3.05) is 28.2 Å². The van der Waals surface area contributed by atoms with Crippen molar-refractivity contribution in [3.63, 3.8) is 0 Å². The standard InChI is InChI=1S/C22H17F2N5O3/c23-22(24)31-17-7-4-13(11-18(17)32-22)15-5-6-16-20(26-15)29(14-8-10-28(16)12-14)21(30)27-19-3-1-2-9-25-19/h1-7,9,11,14H,8,10,12H2,(H,25,27,30)/t14-/m0/s1. The van der Waals surface area contributed by atoms with Crippen molar-refractivity contribution >= 4 is 23.4 Å². The summed E-state index contributed by atoms with van der Waals surface area (Å²) in [6, 6.07) is 13.2. The summed E-state index contributed by atoms with van der Waals surface area (Å²) in [5.41, 5.74) is 1.96. The molecule has 2 bridgehead atoms. The first-order valence-corrected chi connectivity index (χ1v) is 10.1. The number of nitrogens with zero attached hydrogens (tertiary/aromatic N) is 4. The summed E-state index contributed by atoms with van der Waals surface area (Å²) < 4.78 is 35.8. The van der Waals surface area contributed by atoms with E-state index in [1.54, 1.807) is 35.4 Å². The van der Waals surface area contributed by atoms with Crippen LogP contribution in [0.5, 0.6) is 11.5 Å². The molecule has 3 aliphatic heterocycles. The number of fused-ring (bicyclic) bond motifs is 5. The second-order valence-electron chi connectivity index (χ2n) is 7.77. The smallest absolute Gasteiger partial charge is 0.395 e. The van der Waals surface area contributed by atoms with Gasteiger partial charge in [0.2, 0.25) is 0 Å². The lowest BCUT2D eigenvalue weighted by molar-refractivity contribution is -0.286. The molecule has 0 saturated carbocycles. The Labute approximate surface area is 181 Å². The molecule has 1 atom stereocenters. The predicted octanol–water partition coefficient (Wildman–Crippen LogP) is 4.10. The molecule has 6 rings (SSSR count). The van der Waals surface area contributed by atoms with Gasteiger partial charge in [0.1, 0.15) is 5.82 Å². The molecule has 32 heavy (non-hydrogen) atoms. The number of carbonyl (C=O) groups excluding carboxylic acids is 1. The first kappa shape index (κ1) is 18.8. The van der Waals surface area contributed by atoms with E-state index in [1.807, 2.05) is 12.1 Å². The van der Waals surface area contributed by atoms with Gasteiger partial charge in [-0.15, -0.1) is 8.78 Å². The number of hydrogen-bond acceptors (Lipinski definition) is 6. The number of urea groups is 1. The summed E-state index contributed by atoms with van der Waals surface area (Å²) in [5, 5.41) is 2.84. The van der Waals surface area contributed by atoms with Crippen LogP contribution < -0.4 is 24.6 Å². The summed E-state index contributed by atoms with van der Waals surface area (Å²) in [7, 11) is 0. The van der Waals surface area contributed by atoms with Crippen LogP contribution in [0.1, 0.15) is 6.42 Å². The Balaban J connectivity index is 1.37. The average molecular weight is 437 g/mol. The summed E-state index contributed by atoms with van der Waals surface area (Å²) in [6.45, 7) is 1.55. The van der Waals surface area contributed by atoms with E-state index in [0.29, 0.717) is 22.9 Å². The van der Waals surface area contributed by atoms with Crippen molar-refractivity contribution in [3.05, 3.63) is 54.7 Å². The molecule has 2 amide bonds. The van der Waals surface area contributed by atoms with Gasteiger partial charge < -0.3 is 14.4 Å². The van der Waals surface area contributed by atoms with Crippen molar-refractivity contribution in [1.82, 2.24) is 9.97 Å². The first-order chi connectivity index (χ1) is 15.5. The van der Waals surface area contributed by atoms with E-state index in [9.17, 15) is 13.6 Å². The first-order valence-electron chi connectivity index (χ1n) is 10.1. The van der Waals surface area contributed by atoms with Crippen molar-refractivity contribution in [1.29, 1.82) is 0 Å². The van der Waals surface area contributed by atoms with E-state index in [0.717, 1.165) is 25.2 Å². The van der Waals surface area contributed by atoms with E-state index in [-0.39, 0.29) is 23.6 Å². The Morgan fingerprint density at radius 3 is 2.84 bits per heavy atom. The van der Waals surface area contributed by atoms with Crippen LogP contribution >= 0.6 is 0 Å². The molecular formula is C22H17F2N5O3. The quantitative estimate of drug-likeness (QED) is 0.651. The Bertz CT molecular complexity index is 1220. The predicted molar refractivity (Wildman–Crippen MR) is 112 cm³/mol. The van der Waals surface area contributed by atoms with Crippen LogP contribution in [0.25, 0.3) is 11.3 Å². The highest BCUT2D eigenvalue weighted by molar-refractivity contribution is 6.04. The minimum atomic E-state index is -3.68. The molecule has 1 saturated heterocycles. The molecule has 0 aliphatic carbocycles. The van der Waals surface area contributed by atoms with Crippen LogP contribution in [0.4, 0.5) is 30.9 Å². The molecular weight excluding hydrogens is 420 g/mol. The number of hydrogen-bond donors (Lipinski definition) is 1. The van der Waals surface area contributed by atoms with Gasteiger partial charge in [-0.2, -0.15) is 0 Å². The summed E-state index contributed by atoms with van der Waals surface area (Å²) in [4.78, 5) is 26.0. The maximum absolute atomic E-state index is 13.4. The van der Waals surface area contributed by atoms with Crippen LogP contribution in [0, 0.1) is 0 Å². The van der Waals surface area contributed by atoms with Crippen LogP contribution in [0.3, 0.4) is 0 Å². The van der Waals surface area contributed by atoms with E-state index in [1.165, 1.54) is 12.1 Å². The molecule has 0 unspecified atom stereocenters. The minimum Gasteiger partial charge on any atom is -0.395 e. The van der Waals surface area contributed by atoms with Gasteiger partial charge in [-0.3, -0.25) is 10.2 Å². The molecule has 10 heteroatoms. The molecule has 3 aliphatic rings. The molecule has 0 radical (unpaired) electrons. The maximum atomic E-state index is 13.4. The van der Waals surface area contributed by atoms with Gasteiger partial charge >= 0.3 is 12.3 Å². The van der Waals surface area contributed by atoms with Crippen LogP contribution in [-0.2, 0) is 0 Å². The summed E-state index contributed by atoms with van der Waals surface area (Å²) >= 11 is 0. The number of anilines is 3. The van der Waals surface area contributed by atoms with Gasteiger partial charge in [0.25, 0.3) is 0 Å². The largest absolute Gasteiger partial charge is 0.586 e.